The number of nitrogens with zero attached hydrogens (tertiary/aromatic N) is 1. The molecule has 8 heteroatoms. The van der Waals surface area contributed by atoms with E-state index in [1.165, 1.54) is 0 Å². The molecule has 22 heavy (non-hydrogen) atoms. The van der Waals surface area contributed by atoms with E-state index in [1.807, 2.05) is 0 Å². The summed E-state index contributed by atoms with van der Waals surface area (Å²) in [5.41, 5.74) is -1.70. The molecule has 1 atom stereocenters. The Labute approximate surface area is 123 Å². The molecule has 1 aromatic heterocycles. The molecule has 0 aliphatic rings. The smallest absolute Gasteiger partial charge is 0.416 e. The van der Waals surface area contributed by atoms with Gasteiger partial charge in [0.05, 0.1) is 16.5 Å². The molecule has 0 saturated heterocycles. The molecule has 0 aliphatic carbocycles. The van der Waals surface area contributed by atoms with Crippen LogP contribution in [0.3, 0.4) is 0 Å². The molecule has 0 radical (unpaired) electrons. The van der Waals surface area contributed by atoms with Crippen LogP contribution in [0.5, 0.6) is 0 Å². The fraction of sp³-hybridized carbons (Fsp3) is 0.286. The van der Waals surface area contributed by atoms with E-state index in [0.717, 1.165) is 12.1 Å². The van der Waals surface area contributed by atoms with Crippen LogP contribution in [0.25, 0.3) is 0 Å². The Morgan fingerprint density at radius 1 is 1.27 bits per heavy atom. The molecular weight excluding hydrogens is 301 g/mol. The summed E-state index contributed by atoms with van der Waals surface area (Å²) in [4.78, 5) is 10.1. The largest absolute Gasteiger partial charge is 0.464 e. The number of furan rings is 1. The summed E-state index contributed by atoms with van der Waals surface area (Å²) >= 11 is 0. The van der Waals surface area contributed by atoms with E-state index in [-0.39, 0.29) is 5.69 Å². The lowest BCUT2D eigenvalue weighted by atomic mass is 10.1. The molecule has 1 unspecified atom stereocenters. The second-order valence-electron chi connectivity index (χ2n) is 4.80. The second-order valence-corrected chi connectivity index (χ2v) is 4.80. The van der Waals surface area contributed by atoms with Gasteiger partial charge in [0.2, 0.25) is 0 Å². The highest BCUT2D eigenvalue weighted by atomic mass is 19.4. The van der Waals surface area contributed by atoms with Crippen LogP contribution in [-0.4, -0.2) is 4.92 Å². The molecule has 1 heterocycles. The zero-order valence-corrected chi connectivity index (χ0v) is 11.8. The number of alkyl halides is 3. The van der Waals surface area contributed by atoms with E-state index in [1.54, 1.807) is 26.0 Å². The van der Waals surface area contributed by atoms with Crippen LogP contribution >= 0.6 is 0 Å². The molecule has 1 aromatic carbocycles. The second kappa shape index (κ2) is 5.70. The number of hydrogen-bond donors (Lipinski definition) is 1. The third-order valence-electron chi connectivity index (χ3n) is 3.08. The molecule has 0 bridgehead atoms. The summed E-state index contributed by atoms with van der Waals surface area (Å²) in [5.74, 6) is 1.21. The average molecular weight is 314 g/mol. The fourth-order valence-electron chi connectivity index (χ4n) is 1.97. The lowest BCUT2D eigenvalue weighted by molar-refractivity contribution is -0.384. The first-order valence-corrected chi connectivity index (χ1v) is 6.37. The van der Waals surface area contributed by atoms with Gasteiger partial charge in [-0.15, -0.1) is 0 Å². The van der Waals surface area contributed by atoms with E-state index in [0.29, 0.717) is 17.6 Å². The van der Waals surface area contributed by atoms with Gasteiger partial charge >= 0.3 is 6.18 Å². The first kappa shape index (κ1) is 15.9. The molecule has 0 saturated carbocycles. The van der Waals surface area contributed by atoms with Crippen LogP contribution in [0.1, 0.15) is 30.0 Å². The standard InChI is InChI=1S/C14H13F3N2O3/c1-8-3-6-13(22-8)9(2)18-11-5-4-10(14(15,16)17)7-12(11)19(20)21/h3-7,9,18H,1-2H3. The van der Waals surface area contributed by atoms with Gasteiger partial charge in [-0.3, -0.25) is 10.1 Å². The summed E-state index contributed by atoms with van der Waals surface area (Å²) < 4.78 is 43.3. The normalized spacial score (nSPS) is 13.0. The van der Waals surface area contributed by atoms with Crippen molar-refractivity contribution < 1.29 is 22.5 Å². The van der Waals surface area contributed by atoms with Crippen LogP contribution in [0, 0.1) is 17.0 Å². The van der Waals surface area contributed by atoms with E-state index in [2.05, 4.69) is 5.32 Å². The van der Waals surface area contributed by atoms with Gasteiger partial charge in [0.1, 0.15) is 17.2 Å². The van der Waals surface area contributed by atoms with Crippen molar-refractivity contribution in [1.82, 2.24) is 0 Å². The van der Waals surface area contributed by atoms with Crippen molar-refractivity contribution >= 4 is 11.4 Å². The Kier molecular flexibility index (Phi) is 4.11. The summed E-state index contributed by atoms with van der Waals surface area (Å²) in [6, 6.07) is 5.37. The zero-order chi connectivity index (χ0) is 16.5. The Morgan fingerprint density at radius 2 is 1.95 bits per heavy atom. The van der Waals surface area contributed by atoms with E-state index in [4.69, 9.17) is 4.42 Å². The Morgan fingerprint density at radius 3 is 2.45 bits per heavy atom. The number of nitro groups is 1. The van der Waals surface area contributed by atoms with Crippen LogP contribution < -0.4 is 5.32 Å². The van der Waals surface area contributed by atoms with Crippen molar-refractivity contribution in [2.24, 2.45) is 0 Å². The number of halogens is 3. The van der Waals surface area contributed by atoms with Crippen molar-refractivity contribution in [3.8, 4) is 0 Å². The van der Waals surface area contributed by atoms with Crippen LogP contribution in [0.15, 0.2) is 34.7 Å². The molecule has 2 aromatic rings. The van der Waals surface area contributed by atoms with Crippen molar-refractivity contribution in [3.63, 3.8) is 0 Å². The molecule has 0 aliphatic heterocycles. The molecule has 0 spiro atoms. The summed E-state index contributed by atoms with van der Waals surface area (Å²) in [5, 5.41) is 13.8. The maximum Gasteiger partial charge on any atom is 0.416 e. The molecule has 0 amide bonds. The molecular formula is C14H13F3N2O3. The maximum atomic E-state index is 12.6. The highest BCUT2D eigenvalue weighted by molar-refractivity contribution is 5.63. The van der Waals surface area contributed by atoms with Crippen molar-refractivity contribution in [3.05, 3.63) is 57.5 Å². The molecule has 1 N–H and O–H groups in total. The van der Waals surface area contributed by atoms with Crippen LogP contribution in [-0.2, 0) is 6.18 Å². The van der Waals surface area contributed by atoms with E-state index >= 15 is 0 Å². The van der Waals surface area contributed by atoms with Gasteiger partial charge in [-0.2, -0.15) is 13.2 Å². The van der Waals surface area contributed by atoms with E-state index in [9.17, 15) is 23.3 Å². The number of aryl methyl sites for hydroxylation is 1. The van der Waals surface area contributed by atoms with Gasteiger partial charge in [0.25, 0.3) is 5.69 Å². The summed E-state index contributed by atoms with van der Waals surface area (Å²) in [6.45, 7) is 3.44. The number of nitro benzene ring substituents is 1. The third-order valence-corrected chi connectivity index (χ3v) is 3.08. The van der Waals surface area contributed by atoms with Crippen molar-refractivity contribution in [2.75, 3.05) is 5.32 Å². The highest BCUT2D eigenvalue weighted by Gasteiger charge is 2.33. The number of benzene rings is 1. The number of nitrogens with one attached hydrogen (secondary N) is 1. The average Bonchev–Trinajstić information content (AvgIpc) is 2.84. The lowest BCUT2D eigenvalue weighted by Crippen LogP contribution is -2.10. The van der Waals surface area contributed by atoms with Gasteiger partial charge in [-0.25, -0.2) is 0 Å². The molecule has 0 fully saturated rings. The minimum absolute atomic E-state index is 0.000414. The van der Waals surface area contributed by atoms with Crippen LogP contribution in [0.4, 0.5) is 24.5 Å². The Balaban J connectivity index is 2.32. The SMILES string of the molecule is Cc1ccc(C(C)Nc2ccc(C(F)(F)F)cc2[N+](=O)[O-])o1. The number of hydrogen-bond acceptors (Lipinski definition) is 4. The van der Waals surface area contributed by atoms with E-state index < -0.39 is 28.4 Å². The molecule has 118 valence electrons. The first-order chi connectivity index (χ1) is 10.2. The van der Waals surface area contributed by atoms with Crippen LogP contribution in [0.2, 0.25) is 0 Å². The Hall–Kier alpha value is -2.51. The minimum atomic E-state index is -4.63. The topological polar surface area (TPSA) is 68.3 Å². The molecule has 2 rings (SSSR count). The monoisotopic (exact) mass is 314 g/mol. The van der Waals surface area contributed by atoms with Gasteiger partial charge in [-0.1, -0.05) is 0 Å². The first-order valence-electron chi connectivity index (χ1n) is 6.37. The molecule has 5 nitrogen and oxygen atoms in total. The highest BCUT2D eigenvalue weighted by Crippen LogP contribution is 2.36. The summed E-state index contributed by atoms with van der Waals surface area (Å²) in [6.07, 6.45) is -4.63. The quantitative estimate of drug-likeness (QED) is 0.656. The zero-order valence-electron chi connectivity index (χ0n) is 11.8. The van der Waals surface area contributed by atoms with Crippen molar-refractivity contribution in [2.45, 2.75) is 26.1 Å². The van der Waals surface area contributed by atoms with Gasteiger partial charge < -0.3 is 9.73 Å². The minimum Gasteiger partial charge on any atom is -0.464 e. The van der Waals surface area contributed by atoms with Crippen molar-refractivity contribution in [1.29, 1.82) is 0 Å². The Bertz CT molecular complexity index is 695. The predicted octanol–water partition coefficient (Wildman–Crippen LogP) is 4.69. The predicted molar refractivity (Wildman–Crippen MR) is 73.6 cm³/mol. The van der Waals surface area contributed by atoms with Gasteiger partial charge in [0, 0.05) is 6.07 Å². The lowest BCUT2D eigenvalue weighted by Gasteiger charge is -2.14. The summed E-state index contributed by atoms with van der Waals surface area (Å²) in [7, 11) is 0. The third kappa shape index (κ3) is 3.38. The maximum absolute atomic E-state index is 12.6. The van der Waals surface area contributed by atoms with Gasteiger partial charge in [-0.05, 0) is 38.1 Å². The van der Waals surface area contributed by atoms with Gasteiger partial charge in [0.15, 0.2) is 0 Å². The fourth-order valence-corrected chi connectivity index (χ4v) is 1.97. The number of anilines is 1. The number of rotatable bonds is 4.